The molecule has 0 N–H and O–H groups in total. The molecule has 2 unspecified atom stereocenters. The minimum Gasteiger partial charge on any atom is -0.460 e. The molecule has 0 aromatic carbocycles. The van der Waals surface area contributed by atoms with Gasteiger partial charge in [0.1, 0.15) is 0 Å². The number of alkyl halides is 3. The quantitative estimate of drug-likeness (QED) is 0.766. The first-order valence-corrected chi connectivity index (χ1v) is 6.01. The third kappa shape index (κ3) is 4.86. The van der Waals surface area contributed by atoms with Crippen molar-refractivity contribution in [2.75, 3.05) is 13.2 Å². The van der Waals surface area contributed by atoms with Gasteiger partial charge in [0.05, 0.1) is 12.7 Å². The van der Waals surface area contributed by atoms with Crippen molar-refractivity contribution < 1.29 is 27.4 Å². The molecule has 106 valence electrons. The molecule has 0 aromatic heterocycles. The normalized spacial score (nSPS) is 24.9. The Hall–Kier alpha value is -0.750. The van der Waals surface area contributed by atoms with E-state index in [1.807, 2.05) is 13.8 Å². The Labute approximate surface area is 105 Å². The van der Waals surface area contributed by atoms with E-state index < -0.39 is 24.3 Å². The van der Waals surface area contributed by atoms with Crippen LogP contribution in [0.5, 0.6) is 0 Å². The molecule has 0 radical (unpaired) electrons. The zero-order valence-electron chi connectivity index (χ0n) is 10.8. The summed E-state index contributed by atoms with van der Waals surface area (Å²) in [6.45, 7) is 6.28. The SMILES string of the molecule is CCOC1C=C(C(F)(F)F)OC(OCC(C)C)C1. The number of ether oxygens (including phenoxy) is 3. The average Bonchev–Trinajstić information content (AvgIpc) is 2.25. The van der Waals surface area contributed by atoms with Crippen molar-refractivity contribution in [1.29, 1.82) is 0 Å². The van der Waals surface area contributed by atoms with Gasteiger partial charge in [0, 0.05) is 13.0 Å². The van der Waals surface area contributed by atoms with Crippen molar-refractivity contribution in [3.8, 4) is 0 Å². The largest absolute Gasteiger partial charge is 0.460 e. The maximum atomic E-state index is 12.6. The van der Waals surface area contributed by atoms with Gasteiger partial charge < -0.3 is 14.2 Å². The molecular formula is C12H19F3O3. The highest BCUT2D eigenvalue weighted by Crippen LogP contribution is 2.33. The highest BCUT2D eigenvalue weighted by molar-refractivity contribution is 5.07. The third-order valence-electron chi connectivity index (χ3n) is 2.30. The van der Waals surface area contributed by atoms with Crippen molar-refractivity contribution in [1.82, 2.24) is 0 Å². The Morgan fingerprint density at radius 2 is 2.06 bits per heavy atom. The Balaban J connectivity index is 2.67. The van der Waals surface area contributed by atoms with Gasteiger partial charge in [-0.3, -0.25) is 0 Å². The van der Waals surface area contributed by atoms with E-state index in [9.17, 15) is 13.2 Å². The molecule has 0 saturated carbocycles. The molecule has 0 fully saturated rings. The summed E-state index contributed by atoms with van der Waals surface area (Å²) in [6.07, 6.45) is -4.77. The minimum atomic E-state index is -4.50. The second kappa shape index (κ2) is 6.43. The van der Waals surface area contributed by atoms with Crippen LogP contribution < -0.4 is 0 Å². The van der Waals surface area contributed by atoms with Crippen LogP contribution in [0.15, 0.2) is 11.8 Å². The van der Waals surface area contributed by atoms with Crippen LogP contribution in [0.3, 0.4) is 0 Å². The fourth-order valence-electron chi connectivity index (χ4n) is 1.55. The summed E-state index contributed by atoms with van der Waals surface area (Å²) in [5.41, 5.74) is 0. The topological polar surface area (TPSA) is 27.7 Å². The Bertz CT molecular complexity index is 287. The number of hydrogen-bond acceptors (Lipinski definition) is 3. The lowest BCUT2D eigenvalue weighted by Gasteiger charge is -2.30. The fourth-order valence-corrected chi connectivity index (χ4v) is 1.55. The summed E-state index contributed by atoms with van der Waals surface area (Å²) in [5.74, 6) is -0.791. The first-order valence-electron chi connectivity index (χ1n) is 6.01. The van der Waals surface area contributed by atoms with Crippen molar-refractivity contribution >= 4 is 0 Å². The van der Waals surface area contributed by atoms with Crippen LogP contribution in [0, 0.1) is 5.92 Å². The highest BCUT2D eigenvalue weighted by Gasteiger charge is 2.41. The molecule has 1 aliphatic heterocycles. The molecule has 0 aromatic rings. The van der Waals surface area contributed by atoms with Crippen LogP contribution in [-0.4, -0.2) is 31.8 Å². The maximum Gasteiger partial charge on any atom is 0.448 e. The monoisotopic (exact) mass is 268 g/mol. The van der Waals surface area contributed by atoms with Crippen molar-refractivity contribution in [2.45, 2.75) is 45.8 Å². The average molecular weight is 268 g/mol. The Morgan fingerprint density at radius 3 is 2.56 bits per heavy atom. The van der Waals surface area contributed by atoms with E-state index in [0.717, 1.165) is 6.08 Å². The summed E-state index contributed by atoms with van der Waals surface area (Å²) < 4.78 is 53.2. The summed E-state index contributed by atoms with van der Waals surface area (Å²) in [5, 5.41) is 0. The summed E-state index contributed by atoms with van der Waals surface area (Å²) in [4.78, 5) is 0. The molecule has 0 saturated heterocycles. The molecule has 0 aliphatic carbocycles. The van der Waals surface area contributed by atoms with Crippen molar-refractivity contribution in [2.24, 2.45) is 5.92 Å². The van der Waals surface area contributed by atoms with E-state index in [1.165, 1.54) is 0 Å². The van der Waals surface area contributed by atoms with Gasteiger partial charge in [-0.15, -0.1) is 0 Å². The second-order valence-electron chi connectivity index (χ2n) is 4.53. The molecule has 18 heavy (non-hydrogen) atoms. The fraction of sp³-hybridized carbons (Fsp3) is 0.833. The lowest BCUT2D eigenvalue weighted by molar-refractivity contribution is -0.207. The number of halogens is 3. The van der Waals surface area contributed by atoms with E-state index in [1.54, 1.807) is 6.92 Å². The van der Waals surface area contributed by atoms with Gasteiger partial charge in [0.15, 0.2) is 0 Å². The van der Waals surface area contributed by atoms with E-state index in [0.29, 0.717) is 13.2 Å². The predicted octanol–water partition coefficient (Wildman–Crippen LogP) is 3.26. The van der Waals surface area contributed by atoms with Crippen LogP contribution in [0.25, 0.3) is 0 Å². The standard InChI is InChI=1S/C12H19F3O3/c1-4-16-9-5-10(12(13,14)15)18-11(6-9)17-7-8(2)3/h5,8-9,11H,4,6-7H2,1-3H3. The summed E-state index contributed by atoms with van der Waals surface area (Å²) >= 11 is 0. The number of allylic oxidation sites excluding steroid dienone is 1. The van der Waals surface area contributed by atoms with Crippen LogP contribution >= 0.6 is 0 Å². The zero-order valence-corrected chi connectivity index (χ0v) is 10.8. The van der Waals surface area contributed by atoms with E-state index in [4.69, 9.17) is 14.2 Å². The van der Waals surface area contributed by atoms with E-state index in [-0.39, 0.29) is 12.3 Å². The lowest BCUT2D eigenvalue weighted by Crippen LogP contribution is -2.34. The Kier molecular flexibility index (Phi) is 5.47. The summed E-state index contributed by atoms with van der Waals surface area (Å²) in [6, 6.07) is 0. The molecule has 3 nitrogen and oxygen atoms in total. The lowest BCUT2D eigenvalue weighted by atomic mass is 10.1. The summed E-state index contributed by atoms with van der Waals surface area (Å²) in [7, 11) is 0. The van der Waals surface area contributed by atoms with E-state index in [2.05, 4.69) is 0 Å². The van der Waals surface area contributed by atoms with Crippen LogP contribution in [0.2, 0.25) is 0 Å². The maximum absolute atomic E-state index is 12.6. The van der Waals surface area contributed by atoms with E-state index >= 15 is 0 Å². The van der Waals surface area contributed by atoms with Gasteiger partial charge in [0.2, 0.25) is 12.0 Å². The second-order valence-corrected chi connectivity index (χ2v) is 4.53. The Morgan fingerprint density at radius 1 is 1.39 bits per heavy atom. The highest BCUT2D eigenvalue weighted by atomic mass is 19.4. The predicted molar refractivity (Wildman–Crippen MR) is 59.8 cm³/mol. The smallest absolute Gasteiger partial charge is 0.448 e. The molecular weight excluding hydrogens is 249 g/mol. The van der Waals surface area contributed by atoms with Crippen molar-refractivity contribution in [3.63, 3.8) is 0 Å². The first-order chi connectivity index (χ1) is 8.32. The molecule has 0 amide bonds. The van der Waals surface area contributed by atoms with Gasteiger partial charge >= 0.3 is 6.18 Å². The minimum absolute atomic E-state index is 0.236. The van der Waals surface area contributed by atoms with Crippen LogP contribution in [-0.2, 0) is 14.2 Å². The molecule has 0 spiro atoms. The van der Waals surface area contributed by atoms with Gasteiger partial charge in [-0.1, -0.05) is 13.8 Å². The first kappa shape index (κ1) is 15.3. The zero-order chi connectivity index (χ0) is 13.8. The van der Waals surface area contributed by atoms with Crippen molar-refractivity contribution in [3.05, 3.63) is 11.8 Å². The third-order valence-corrected chi connectivity index (χ3v) is 2.30. The van der Waals surface area contributed by atoms with Crippen LogP contribution in [0.1, 0.15) is 27.2 Å². The molecule has 1 heterocycles. The molecule has 1 rings (SSSR count). The molecule has 6 heteroatoms. The van der Waals surface area contributed by atoms with Crippen LogP contribution in [0.4, 0.5) is 13.2 Å². The molecule has 0 bridgehead atoms. The molecule has 1 aliphatic rings. The van der Waals surface area contributed by atoms with Gasteiger partial charge in [-0.05, 0) is 18.9 Å². The van der Waals surface area contributed by atoms with Gasteiger partial charge in [-0.2, -0.15) is 13.2 Å². The molecule has 2 atom stereocenters. The number of hydrogen-bond donors (Lipinski definition) is 0. The van der Waals surface area contributed by atoms with Gasteiger partial charge in [-0.25, -0.2) is 0 Å². The van der Waals surface area contributed by atoms with Gasteiger partial charge in [0.25, 0.3) is 0 Å². The number of rotatable bonds is 5.